The fraction of sp³-hybridized carbons (Fsp3) is 0.250. The minimum Gasteiger partial charge on any atom is -0.398 e. The van der Waals surface area contributed by atoms with Crippen molar-refractivity contribution >= 4 is 16.6 Å². The van der Waals surface area contributed by atoms with Crippen LogP contribution in [-0.2, 0) is 17.8 Å². The lowest BCUT2D eigenvalue weighted by molar-refractivity contribution is 0.110. The summed E-state index contributed by atoms with van der Waals surface area (Å²) in [6.45, 7) is 1.15. The van der Waals surface area contributed by atoms with Crippen LogP contribution in [0.1, 0.15) is 11.3 Å². The summed E-state index contributed by atoms with van der Waals surface area (Å²) in [6.07, 6.45) is 0.742. The molecule has 3 rings (SSSR count). The molecule has 0 unspecified atom stereocenters. The van der Waals surface area contributed by atoms with E-state index in [9.17, 15) is 4.39 Å². The fourth-order valence-electron chi connectivity index (χ4n) is 2.07. The number of ether oxygens (including phenoxy) is 1. The monoisotopic (exact) mass is 218 g/mol. The molecule has 0 aliphatic carbocycles. The van der Waals surface area contributed by atoms with Crippen molar-refractivity contribution in [3.05, 3.63) is 35.3 Å². The molecule has 0 fully saturated rings. The zero-order valence-electron chi connectivity index (χ0n) is 8.66. The van der Waals surface area contributed by atoms with Gasteiger partial charge in [0.05, 0.1) is 24.4 Å². The van der Waals surface area contributed by atoms with Gasteiger partial charge in [0, 0.05) is 29.1 Å². The predicted molar refractivity (Wildman–Crippen MR) is 59.5 cm³/mol. The number of halogens is 1. The molecule has 0 spiro atoms. The van der Waals surface area contributed by atoms with Crippen molar-refractivity contribution in [1.82, 2.24) is 4.98 Å². The van der Waals surface area contributed by atoms with E-state index in [0.717, 1.165) is 23.1 Å². The average molecular weight is 218 g/mol. The Morgan fingerprint density at radius 1 is 1.38 bits per heavy atom. The second-order valence-corrected chi connectivity index (χ2v) is 3.91. The van der Waals surface area contributed by atoms with Gasteiger partial charge in [-0.05, 0) is 12.1 Å². The van der Waals surface area contributed by atoms with Gasteiger partial charge < -0.3 is 10.5 Å². The SMILES string of the molecule is Nc1c2c(nc3cc(F)ccc13)CCOC2. The highest BCUT2D eigenvalue weighted by Gasteiger charge is 2.16. The van der Waals surface area contributed by atoms with Crippen LogP contribution >= 0.6 is 0 Å². The molecule has 16 heavy (non-hydrogen) atoms. The lowest BCUT2D eigenvalue weighted by atomic mass is 10.0. The summed E-state index contributed by atoms with van der Waals surface area (Å²) in [6, 6.07) is 4.49. The van der Waals surface area contributed by atoms with E-state index in [1.165, 1.54) is 12.1 Å². The van der Waals surface area contributed by atoms with Crippen molar-refractivity contribution in [2.45, 2.75) is 13.0 Å². The van der Waals surface area contributed by atoms with Gasteiger partial charge in [0.1, 0.15) is 5.82 Å². The van der Waals surface area contributed by atoms with E-state index in [4.69, 9.17) is 10.5 Å². The van der Waals surface area contributed by atoms with E-state index in [1.54, 1.807) is 6.07 Å². The van der Waals surface area contributed by atoms with Gasteiger partial charge in [-0.3, -0.25) is 4.98 Å². The maximum Gasteiger partial charge on any atom is 0.125 e. The summed E-state index contributed by atoms with van der Waals surface area (Å²) in [4.78, 5) is 4.44. The number of nitrogens with zero attached hydrogens (tertiary/aromatic N) is 1. The fourth-order valence-corrected chi connectivity index (χ4v) is 2.07. The van der Waals surface area contributed by atoms with Crippen LogP contribution in [0.25, 0.3) is 10.9 Å². The van der Waals surface area contributed by atoms with Crippen molar-refractivity contribution in [2.75, 3.05) is 12.3 Å². The number of fused-ring (bicyclic) bond motifs is 2. The summed E-state index contributed by atoms with van der Waals surface area (Å²) < 4.78 is 18.5. The quantitative estimate of drug-likeness (QED) is 0.736. The largest absolute Gasteiger partial charge is 0.398 e. The molecule has 1 aliphatic heterocycles. The van der Waals surface area contributed by atoms with E-state index in [-0.39, 0.29) is 5.82 Å². The summed E-state index contributed by atoms with van der Waals surface area (Å²) in [7, 11) is 0. The molecular weight excluding hydrogens is 207 g/mol. The molecule has 4 heteroatoms. The van der Waals surface area contributed by atoms with Crippen molar-refractivity contribution in [2.24, 2.45) is 0 Å². The average Bonchev–Trinajstić information content (AvgIpc) is 2.29. The lowest BCUT2D eigenvalue weighted by Crippen LogP contribution is -2.14. The first-order chi connectivity index (χ1) is 7.75. The van der Waals surface area contributed by atoms with Crippen LogP contribution in [0.3, 0.4) is 0 Å². The first kappa shape index (κ1) is 9.54. The molecule has 1 aromatic carbocycles. The second-order valence-electron chi connectivity index (χ2n) is 3.91. The lowest BCUT2D eigenvalue weighted by Gasteiger charge is -2.18. The molecule has 0 radical (unpaired) electrons. The highest BCUT2D eigenvalue weighted by molar-refractivity contribution is 5.92. The summed E-state index contributed by atoms with van der Waals surface area (Å²) in [5, 5.41) is 0.797. The third-order valence-electron chi connectivity index (χ3n) is 2.91. The smallest absolute Gasteiger partial charge is 0.125 e. The van der Waals surface area contributed by atoms with E-state index < -0.39 is 0 Å². The molecule has 3 nitrogen and oxygen atoms in total. The molecule has 0 saturated heterocycles. The second kappa shape index (κ2) is 3.42. The molecule has 0 saturated carbocycles. The van der Waals surface area contributed by atoms with Crippen molar-refractivity contribution in [3.63, 3.8) is 0 Å². The van der Waals surface area contributed by atoms with E-state index >= 15 is 0 Å². The topological polar surface area (TPSA) is 48.1 Å². The zero-order valence-corrected chi connectivity index (χ0v) is 8.66. The van der Waals surface area contributed by atoms with E-state index in [1.807, 2.05) is 0 Å². The number of aromatic nitrogens is 1. The number of nitrogen functional groups attached to an aromatic ring is 1. The molecule has 1 aliphatic rings. The molecule has 2 N–H and O–H groups in total. The maximum absolute atomic E-state index is 13.1. The molecule has 1 aromatic heterocycles. The maximum atomic E-state index is 13.1. The van der Waals surface area contributed by atoms with Crippen LogP contribution in [0.5, 0.6) is 0 Å². The Balaban J connectivity index is 2.34. The predicted octanol–water partition coefficient (Wildman–Crippen LogP) is 2.03. The number of hydrogen-bond donors (Lipinski definition) is 1. The van der Waals surface area contributed by atoms with Gasteiger partial charge in [0.25, 0.3) is 0 Å². The van der Waals surface area contributed by atoms with E-state index in [0.29, 0.717) is 24.4 Å². The number of rotatable bonds is 0. The molecule has 0 bridgehead atoms. The molecule has 0 atom stereocenters. The molecule has 0 amide bonds. The Bertz CT molecular complexity index is 568. The Morgan fingerprint density at radius 2 is 2.25 bits per heavy atom. The van der Waals surface area contributed by atoms with Gasteiger partial charge in [-0.2, -0.15) is 0 Å². The zero-order chi connectivity index (χ0) is 11.1. The molecule has 2 heterocycles. The van der Waals surface area contributed by atoms with Crippen LogP contribution in [0.2, 0.25) is 0 Å². The number of anilines is 1. The van der Waals surface area contributed by atoms with Crippen LogP contribution in [0.15, 0.2) is 18.2 Å². The van der Waals surface area contributed by atoms with E-state index in [2.05, 4.69) is 4.98 Å². The third-order valence-corrected chi connectivity index (χ3v) is 2.91. The Hall–Kier alpha value is -1.68. The van der Waals surface area contributed by atoms with Crippen LogP contribution < -0.4 is 5.73 Å². The van der Waals surface area contributed by atoms with Gasteiger partial charge >= 0.3 is 0 Å². The first-order valence-corrected chi connectivity index (χ1v) is 5.20. The number of nitrogens with two attached hydrogens (primary N) is 1. The third kappa shape index (κ3) is 1.34. The van der Waals surface area contributed by atoms with Crippen molar-refractivity contribution < 1.29 is 9.13 Å². The van der Waals surface area contributed by atoms with Gasteiger partial charge in [0.15, 0.2) is 0 Å². The van der Waals surface area contributed by atoms with Gasteiger partial charge in [-0.25, -0.2) is 4.39 Å². The van der Waals surface area contributed by atoms with Gasteiger partial charge in [0.2, 0.25) is 0 Å². The summed E-state index contributed by atoms with van der Waals surface area (Å²) in [5.41, 5.74) is 9.22. The Labute approximate surface area is 92.0 Å². The highest BCUT2D eigenvalue weighted by Crippen LogP contribution is 2.29. The summed E-state index contributed by atoms with van der Waals surface area (Å²) in [5.74, 6) is -0.286. The minimum absolute atomic E-state index is 0.286. The Kier molecular flexibility index (Phi) is 2.04. The minimum atomic E-state index is -0.286. The van der Waals surface area contributed by atoms with Gasteiger partial charge in [-0.1, -0.05) is 0 Å². The standard InChI is InChI=1S/C12H11FN2O/c13-7-1-2-8-11(5-7)15-10-3-4-16-6-9(10)12(8)14/h1-2,5H,3-4,6H2,(H2,14,15). The van der Waals surface area contributed by atoms with Gasteiger partial charge in [-0.15, -0.1) is 0 Å². The first-order valence-electron chi connectivity index (χ1n) is 5.20. The molecule has 82 valence electrons. The van der Waals surface area contributed by atoms with Crippen molar-refractivity contribution in [1.29, 1.82) is 0 Å². The summed E-state index contributed by atoms with van der Waals surface area (Å²) >= 11 is 0. The number of benzene rings is 1. The normalized spacial score (nSPS) is 15.1. The number of pyridine rings is 1. The Morgan fingerprint density at radius 3 is 3.12 bits per heavy atom. The number of hydrogen-bond acceptors (Lipinski definition) is 3. The molecule has 2 aromatic rings. The van der Waals surface area contributed by atoms with Crippen LogP contribution in [0, 0.1) is 5.82 Å². The highest BCUT2D eigenvalue weighted by atomic mass is 19.1. The van der Waals surface area contributed by atoms with Crippen molar-refractivity contribution in [3.8, 4) is 0 Å². The van der Waals surface area contributed by atoms with Crippen LogP contribution in [-0.4, -0.2) is 11.6 Å². The molecular formula is C12H11FN2O. The van der Waals surface area contributed by atoms with Crippen LogP contribution in [0.4, 0.5) is 10.1 Å².